The van der Waals surface area contributed by atoms with Gasteiger partial charge in [-0.2, -0.15) is 0 Å². The number of nitrogens with one attached hydrogen (secondary N) is 2. The lowest BCUT2D eigenvalue weighted by atomic mass is 10.3. The lowest BCUT2D eigenvalue weighted by molar-refractivity contribution is -0.384. The van der Waals surface area contributed by atoms with E-state index in [-0.39, 0.29) is 23.1 Å². The van der Waals surface area contributed by atoms with Gasteiger partial charge in [0.1, 0.15) is 0 Å². The summed E-state index contributed by atoms with van der Waals surface area (Å²) < 4.78 is 4.79. The van der Waals surface area contributed by atoms with E-state index in [9.17, 15) is 19.7 Å². The first kappa shape index (κ1) is 16.4. The van der Waals surface area contributed by atoms with Crippen molar-refractivity contribution in [1.29, 1.82) is 0 Å². The predicted octanol–water partition coefficient (Wildman–Crippen LogP) is 2.87. The summed E-state index contributed by atoms with van der Waals surface area (Å²) in [6, 6.07) is 4.78. The number of carbonyl (C=O) groups is 2. The highest BCUT2D eigenvalue weighted by molar-refractivity contribution is 7.14. The van der Waals surface area contributed by atoms with Crippen molar-refractivity contribution in [3.8, 4) is 0 Å². The summed E-state index contributed by atoms with van der Waals surface area (Å²) >= 11 is 1.08. The van der Waals surface area contributed by atoms with Gasteiger partial charge in [-0.3, -0.25) is 15.4 Å². The molecule has 2 rings (SSSR count). The minimum Gasteiger partial charge on any atom is -0.461 e. The van der Waals surface area contributed by atoms with Gasteiger partial charge < -0.3 is 10.1 Å². The minimum absolute atomic E-state index is 0.0741. The van der Waals surface area contributed by atoms with Gasteiger partial charge >= 0.3 is 12.0 Å². The van der Waals surface area contributed by atoms with E-state index in [4.69, 9.17) is 4.74 Å². The van der Waals surface area contributed by atoms with Crippen LogP contribution in [-0.4, -0.2) is 28.5 Å². The van der Waals surface area contributed by atoms with Gasteiger partial charge in [-0.25, -0.2) is 14.6 Å². The summed E-state index contributed by atoms with van der Waals surface area (Å²) in [6.45, 7) is 1.92. The molecule has 0 bridgehead atoms. The van der Waals surface area contributed by atoms with E-state index in [0.717, 1.165) is 11.3 Å². The molecule has 2 aromatic rings. The molecule has 1 aromatic carbocycles. The Balaban J connectivity index is 1.94. The van der Waals surface area contributed by atoms with Crippen LogP contribution >= 0.6 is 11.3 Å². The fraction of sp³-hybridized carbons (Fsp3) is 0.154. The van der Waals surface area contributed by atoms with Crippen LogP contribution in [0.25, 0.3) is 0 Å². The molecule has 0 aliphatic carbocycles. The molecule has 0 unspecified atom stereocenters. The Morgan fingerprint density at radius 1 is 1.30 bits per heavy atom. The molecule has 9 nitrogen and oxygen atoms in total. The van der Waals surface area contributed by atoms with Crippen molar-refractivity contribution >= 4 is 39.8 Å². The van der Waals surface area contributed by atoms with Gasteiger partial charge in [0.15, 0.2) is 10.8 Å². The predicted molar refractivity (Wildman–Crippen MR) is 83.8 cm³/mol. The second-order valence-corrected chi connectivity index (χ2v) is 5.00. The van der Waals surface area contributed by atoms with E-state index in [1.54, 1.807) is 6.92 Å². The van der Waals surface area contributed by atoms with Gasteiger partial charge in [0.2, 0.25) is 0 Å². The van der Waals surface area contributed by atoms with Crippen LogP contribution in [0.4, 0.5) is 21.3 Å². The van der Waals surface area contributed by atoms with E-state index in [0.29, 0.717) is 5.69 Å². The molecular weight excluding hydrogens is 324 g/mol. The SMILES string of the molecule is CCOC(=O)c1csc(NC(=O)Nc2ccc([N+](=O)[O-])cc2)n1. The number of nitrogens with zero attached hydrogens (tertiary/aromatic N) is 2. The highest BCUT2D eigenvalue weighted by Gasteiger charge is 2.13. The molecule has 0 spiro atoms. The Labute approximate surface area is 134 Å². The fourth-order valence-electron chi connectivity index (χ4n) is 1.56. The fourth-order valence-corrected chi connectivity index (χ4v) is 2.23. The number of aromatic nitrogens is 1. The zero-order valence-electron chi connectivity index (χ0n) is 11.9. The van der Waals surface area contributed by atoms with Crippen LogP contribution in [-0.2, 0) is 4.74 Å². The maximum Gasteiger partial charge on any atom is 0.357 e. The Morgan fingerprint density at radius 3 is 2.61 bits per heavy atom. The maximum absolute atomic E-state index is 11.8. The van der Waals surface area contributed by atoms with Crippen LogP contribution in [0.5, 0.6) is 0 Å². The number of ether oxygens (including phenoxy) is 1. The van der Waals surface area contributed by atoms with Gasteiger partial charge in [-0.15, -0.1) is 11.3 Å². The van der Waals surface area contributed by atoms with Gasteiger partial charge in [0, 0.05) is 23.2 Å². The number of thiazole rings is 1. The normalized spacial score (nSPS) is 9.96. The number of hydrogen-bond acceptors (Lipinski definition) is 7. The first-order valence-electron chi connectivity index (χ1n) is 6.44. The molecule has 120 valence electrons. The quantitative estimate of drug-likeness (QED) is 0.491. The number of nitro groups is 1. The Hall–Kier alpha value is -3.01. The van der Waals surface area contributed by atoms with Crippen LogP contribution in [0.1, 0.15) is 17.4 Å². The van der Waals surface area contributed by atoms with Crippen LogP contribution in [0.3, 0.4) is 0 Å². The molecule has 0 radical (unpaired) electrons. The van der Waals surface area contributed by atoms with Gasteiger partial charge in [-0.1, -0.05) is 0 Å². The smallest absolute Gasteiger partial charge is 0.357 e. The van der Waals surface area contributed by atoms with Crippen molar-refractivity contribution in [2.45, 2.75) is 6.92 Å². The number of anilines is 2. The van der Waals surface area contributed by atoms with E-state index < -0.39 is 16.9 Å². The van der Waals surface area contributed by atoms with Crippen molar-refractivity contribution in [2.75, 3.05) is 17.2 Å². The second kappa shape index (κ2) is 7.31. The average molecular weight is 336 g/mol. The molecule has 2 N–H and O–H groups in total. The first-order valence-corrected chi connectivity index (χ1v) is 7.32. The largest absolute Gasteiger partial charge is 0.461 e. The van der Waals surface area contributed by atoms with Crippen LogP contribution < -0.4 is 10.6 Å². The monoisotopic (exact) mass is 336 g/mol. The Morgan fingerprint density at radius 2 is 2.00 bits per heavy atom. The zero-order valence-corrected chi connectivity index (χ0v) is 12.8. The number of benzene rings is 1. The summed E-state index contributed by atoms with van der Waals surface area (Å²) in [7, 11) is 0. The van der Waals surface area contributed by atoms with Crippen molar-refractivity contribution < 1.29 is 19.2 Å². The highest BCUT2D eigenvalue weighted by Crippen LogP contribution is 2.18. The Bertz CT molecular complexity index is 728. The number of non-ortho nitro benzene ring substituents is 1. The minimum atomic E-state index is -0.580. The van der Waals surface area contributed by atoms with Crippen molar-refractivity contribution in [2.24, 2.45) is 0 Å². The molecule has 0 fully saturated rings. The third-order valence-corrected chi connectivity index (χ3v) is 3.30. The van der Waals surface area contributed by atoms with Gasteiger partial charge in [0.05, 0.1) is 11.5 Å². The van der Waals surface area contributed by atoms with E-state index in [2.05, 4.69) is 15.6 Å². The van der Waals surface area contributed by atoms with Crippen molar-refractivity contribution in [3.63, 3.8) is 0 Å². The number of carbonyl (C=O) groups excluding carboxylic acids is 2. The summed E-state index contributed by atoms with van der Waals surface area (Å²) in [4.78, 5) is 37.2. The van der Waals surface area contributed by atoms with E-state index in [1.807, 2.05) is 0 Å². The maximum atomic E-state index is 11.8. The van der Waals surface area contributed by atoms with E-state index >= 15 is 0 Å². The summed E-state index contributed by atoms with van der Waals surface area (Å²) in [5.74, 6) is -0.562. The molecule has 23 heavy (non-hydrogen) atoms. The van der Waals surface area contributed by atoms with Crippen LogP contribution in [0.15, 0.2) is 29.6 Å². The summed E-state index contributed by atoms with van der Waals surface area (Å²) in [5, 5.41) is 17.2. The number of amides is 2. The lowest BCUT2D eigenvalue weighted by Crippen LogP contribution is -2.19. The molecule has 10 heteroatoms. The van der Waals surface area contributed by atoms with Crippen molar-refractivity contribution in [3.05, 3.63) is 45.5 Å². The number of esters is 1. The topological polar surface area (TPSA) is 123 Å². The van der Waals surface area contributed by atoms with Crippen molar-refractivity contribution in [1.82, 2.24) is 4.98 Å². The average Bonchev–Trinajstić information content (AvgIpc) is 2.96. The number of hydrogen-bond donors (Lipinski definition) is 2. The molecule has 2 amide bonds. The molecule has 1 aromatic heterocycles. The molecule has 0 aliphatic heterocycles. The standard InChI is InChI=1S/C13H12N4O5S/c1-2-22-11(18)10-7-23-13(15-10)16-12(19)14-8-3-5-9(6-4-8)17(20)21/h3-7H,2H2,1H3,(H2,14,15,16,19). The molecule has 0 aliphatic rings. The molecular formula is C13H12N4O5S. The van der Waals surface area contributed by atoms with Gasteiger partial charge in [0.25, 0.3) is 5.69 Å². The summed E-state index contributed by atoms with van der Waals surface area (Å²) in [5.41, 5.74) is 0.424. The van der Waals surface area contributed by atoms with Crippen LogP contribution in [0, 0.1) is 10.1 Å². The van der Waals surface area contributed by atoms with E-state index in [1.165, 1.54) is 29.6 Å². The third kappa shape index (κ3) is 4.48. The lowest BCUT2D eigenvalue weighted by Gasteiger charge is -2.04. The first-order chi connectivity index (χ1) is 11.0. The third-order valence-electron chi connectivity index (χ3n) is 2.55. The number of nitro benzene ring substituents is 1. The van der Waals surface area contributed by atoms with Crippen LogP contribution in [0.2, 0.25) is 0 Å². The number of rotatable bonds is 5. The zero-order chi connectivity index (χ0) is 16.8. The molecule has 0 saturated heterocycles. The molecule has 0 atom stereocenters. The number of urea groups is 1. The summed E-state index contributed by atoms with van der Waals surface area (Å²) in [6.07, 6.45) is 0. The Kier molecular flexibility index (Phi) is 5.20. The molecule has 1 heterocycles. The second-order valence-electron chi connectivity index (χ2n) is 4.14. The molecule has 0 saturated carbocycles. The van der Waals surface area contributed by atoms with Gasteiger partial charge in [-0.05, 0) is 19.1 Å². The highest BCUT2D eigenvalue weighted by atomic mass is 32.1.